The minimum Gasteiger partial charge on any atom is -0.453 e. The number of hydrogen-bond acceptors (Lipinski definition) is 12. The van der Waals surface area contributed by atoms with E-state index in [0.717, 1.165) is 0 Å². The maximum atomic E-state index is 13.4. The molecule has 31 heteroatoms. The normalized spacial score (nSPS) is 13.6. The molecule has 0 amide bonds. The Labute approximate surface area is 292 Å². The zero-order valence-corrected chi connectivity index (χ0v) is 26.2. The van der Waals surface area contributed by atoms with Gasteiger partial charge in [-0.2, -0.15) is 79.0 Å². The summed E-state index contributed by atoms with van der Waals surface area (Å²) in [6, 6.07) is 0. The van der Waals surface area contributed by atoms with Crippen molar-refractivity contribution in [3.05, 3.63) is 38.0 Å². The first kappa shape index (κ1) is 53.2. The largest absolute Gasteiger partial charge is 0.478 e. The van der Waals surface area contributed by atoms with Gasteiger partial charge < -0.3 is 23.7 Å². The lowest BCUT2D eigenvalue weighted by molar-refractivity contribution is -0.515. The molecule has 0 fully saturated rings. The lowest BCUT2D eigenvalue weighted by Crippen LogP contribution is -2.50. The first-order valence-electron chi connectivity index (χ1n) is 13.0. The zero-order chi connectivity index (χ0) is 44.0. The summed E-state index contributed by atoms with van der Waals surface area (Å²) in [6.45, 7) is -1.73. The molecule has 0 rings (SSSR count). The van der Waals surface area contributed by atoms with Crippen LogP contribution in [0.5, 0.6) is 0 Å². The third-order valence-electron chi connectivity index (χ3n) is 4.45. The highest BCUT2D eigenvalue weighted by atomic mass is 19.4. The van der Waals surface area contributed by atoms with Gasteiger partial charge in [0.15, 0.2) is 19.8 Å². The molecule has 0 aromatic carbocycles. The maximum absolute atomic E-state index is 13.4. The number of halogens is 19. The molecular weight excluding hydrogens is 841 g/mol. The number of esters is 3. The van der Waals surface area contributed by atoms with Crippen LogP contribution in [0.3, 0.4) is 0 Å². The fourth-order valence-electron chi connectivity index (χ4n) is 2.14. The molecule has 0 aromatic heterocycles. The van der Waals surface area contributed by atoms with Crippen LogP contribution in [-0.2, 0) is 57.2 Å². The molecule has 55 heavy (non-hydrogen) atoms. The van der Waals surface area contributed by atoms with Crippen LogP contribution in [0.2, 0.25) is 0 Å². The Morgan fingerprint density at radius 3 is 0.873 bits per heavy atom. The van der Waals surface area contributed by atoms with Crippen LogP contribution in [0.4, 0.5) is 83.6 Å². The molecule has 0 atom stereocenters. The average molecular weight is 862 g/mol. The topological polar surface area (TPSA) is 134 Å². The predicted molar refractivity (Wildman–Crippen MR) is 130 cm³/mol. The Balaban J connectivity index is 0. The van der Waals surface area contributed by atoms with E-state index in [9.17, 15) is 97.9 Å². The summed E-state index contributed by atoms with van der Waals surface area (Å²) in [6.07, 6.45) is -51.5. The summed E-state index contributed by atoms with van der Waals surface area (Å²) in [5.74, 6) is -4.54. The molecule has 0 aliphatic heterocycles. The molecule has 0 saturated heterocycles. The molecule has 0 saturated carbocycles. The summed E-state index contributed by atoms with van der Waals surface area (Å²) in [7, 11) is 0. The van der Waals surface area contributed by atoms with Crippen LogP contribution in [0.25, 0.3) is 0 Å². The van der Waals surface area contributed by atoms with Crippen molar-refractivity contribution in [3.8, 4) is 0 Å². The average Bonchev–Trinajstić information content (AvgIpc) is 3.03. The molecule has 0 aliphatic carbocycles. The summed E-state index contributed by atoms with van der Waals surface area (Å²) in [5.41, 5.74) is 0. The molecule has 322 valence electrons. The van der Waals surface area contributed by atoms with Gasteiger partial charge in [0.25, 0.3) is 0 Å². The number of carbonyl (C=O) groups is 3. The van der Waals surface area contributed by atoms with Crippen molar-refractivity contribution in [2.45, 2.75) is 61.4 Å². The van der Waals surface area contributed by atoms with Gasteiger partial charge in [0.2, 0.25) is 0 Å². The van der Waals surface area contributed by atoms with E-state index in [1.165, 1.54) is 4.94 Å². The van der Waals surface area contributed by atoms with Crippen LogP contribution < -0.4 is 0 Å². The van der Waals surface area contributed by atoms with Gasteiger partial charge >= 0.3 is 72.9 Å². The molecule has 0 spiro atoms. The van der Waals surface area contributed by atoms with Gasteiger partial charge in [0, 0.05) is 18.2 Å². The quantitative estimate of drug-likeness (QED) is 0.0312. The number of hydrogen-bond donors (Lipinski definition) is 0. The molecule has 0 N–H and O–H groups in total. The minimum atomic E-state index is -6.11. The number of alkyl halides is 18. The second kappa shape index (κ2) is 20.3. The van der Waals surface area contributed by atoms with Crippen molar-refractivity contribution >= 4 is 17.9 Å². The number of carbonyl (C=O) groups excluding carboxylic acids is 3. The molecule has 0 aromatic rings. The van der Waals surface area contributed by atoms with Crippen LogP contribution in [0.1, 0.15) is 6.42 Å². The second-order valence-corrected chi connectivity index (χ2v) is 8.88. The second-order valence-electron chi connectivity index (χ2n) is 8.88. The highest BCUT2D eigenvalue weighted by Gasteiger charge is 2.67. The van der Waals surface area contributed by atoms with Gasteiger partial charge in [0.1, 0.15) is 0 Å². The van der Waals surface area contributed by atoms with Crippen LogP contribution in [0, 0.1) is 0 Å². The monoisotopic (exact) mass is 862 g/mol. The van der Waals surface area contributed by atoms with E-state index in [-0.39, 0.29) is 0 Å². The number of rotatable bonds is 25. The zero-order valence-electron chi connectivity index (χ0n) is 26.2. The first-order chi connectivity index (χ1) is 24.5. The van der Waals surface area contributed by atoms with Crippen molar-refractivity contribution < 1.29 is 141 Å². The highest BCUT2D eigenvalue weighted by Crippen LogP contribution is 2.43. The van der Waals surface area contributed by atoms with Gasteiger partial charge in [-0.25, -0.2) is 28.6 Å². The molecule has 0 bridgehead atoms. The molecular formula is C24H21F19O12. The van der Waals surface area contributed by atoms with Crippen LogP contribution in [0.15, 0.2) is 38.0 Å². The molecule has 0 radical (unpaired) electrons. The van der Waals surface area contributed by atoms with E-state index in [4.69, 9.17) is 0 Å². The third-order valence-corrected chi connectivity index (χ3v) is 4.45. The Bertz CT molecular complexity index is 1230. The Kier molecular flexibility index (Phi) is 19.6. The van der Waals surface area contributed by atoms with E-state index in [1.807, 2.05) is 0 Å². The van der Waals surface area contributed by atoms with Crippen molar-refractivity contribution in [1.82, 2.24) is 0 Å². The van der Waals surface area contributed by atoms with Gasteiger partial charge in [-0.3, -0.25) is 0 Å². The standard InChI is InChI=1S/C17H16F12O8.C7H5F7O4/c1-3-10(30)32-8-12(18,19)36-16(26,27)14(22,23)34-6-5-7-35-15(24,25)17(28,29)37-13(20,21)9-33-11(31)4-2;1-2-4(15)16-3-5(8,9)17-6(10,11)7(12,13)18-14/h3-4H,1-2,5-9H2;2H,1,3H2. The maximum Gasteiger partial charge on any atom is 0.478 e. The Morgan fingerprint density at radius 2 is 0.655 bits per heavy atom. The third kappa shape index (κ3) is 19.0. The van der Waals surface area contributed by atoms with Crippen molar-refractivity contribution in [2.75, 3.05) is 33.0 Å². The molecule has 12 nitrogen and oxygen atoms in total. The smallest absolute Gasteiger partial charge is 0.453 e. The van der Waals surface area contributed by atoms with Crippen molar-refractivity contribution in [1.29, 1.82) is 0 Å². The summed E-state index contributed by atoms with van der Waals surface area (Å²) < 4.78 is 269. The van der Waals surface area contributed by atoms with E-state index in [1.54, 1.807) is 0 Å². The molecule has 0 aliphatic rings. The van der Waals surface area contributed by atoms with Crippen molar-refractivity contribution in [2.24, 2.45) is 0 Å². The summed E-state index contributed by atoms with van der Waals surface area (Å²) in [4.78, 5) is 33.1. The highest BCUT2D eigenvalue weighted by molar-refractivity contribution is 5.81. The summed E-state index contributed by atoms with van der Waals surface area (Å²) in [5, 5.41) is 0. The molecule has 0 unspecified atom stereocenters. The van der Waals surface area contributed by atoms with E-state index in [2.05, 4.69) is 57.6 Å². The van der Waals surface area contributed by atoms with E-state index >= 15 is 0 Å². The van der Waals surface area contributed by atoms with Gasteiger partial charge in [-0.15, -0.1) is 4.94 Å². The number of ether oxygens (including phenoxy) is 8. The van der Waals surface area contributed by atoms with E-state index < -0.39 is 112 Å². The van der Waals surface area contributed by atoms with Crippen molar-refractivity contribution in [3.63, 3.8) is 0 Å². The van der Waals surface area contributed by atoms with Gasteiger partial charge in [-0.1, -0.05) is 19.7 Å². The van der Waals surface area contributed by atoms with Crippen LogP contribution >= 0.6 is 0 Å². The molecule has 0 heterocycles. The Morgan fingerprint density at radius 1 is 0.418 bits per heavy atom. The lowest BCUT2D eigenvalue weighted by Gasteiger charge is -2.29. The minimum absolute atomic E-state index is 0.325. The SMILES string of the molecule is C=CC(=O)OCC(F)(F)OC(F)(F)C(F)(F)OCCCOC(F)(F)C(F)(F)OC(F)(F)COC(=O)C=C.C=CC(=O)OCC(F)(F)OC(F)(F)C(F)(F)OF. The fourth-order valence-corrected chi connectivity index (χ4v) is 2.14. The van der Waals surface area contributed by atoms with E-state index in [0.29, 0.717) is 18.2 Å². The van der Waals surface area contributed by atoms with Gasteiger partial charge in [0.05, 0.1) is 13.2 Å². The fraction of sp³-hybridized carbons (Fsp3) is 0.625. The van der Waals surface area contributed by atoms with Gasteiger partial charge in [-0.05, 0) is 10.9 Å². The first-order valence-corrected chi connectivity index (χ1v) is 13.0. The Hall–Kier alpha value is -3.94. The predicted octanol–water partition coefficient (Wildman–Crippen LogP) is 6.87. The van der Waals surface area contributed by atoms with Crippen LogP contribution in [-0.4, -0.2) is 106 Å². The summed E-state index contributed by atoms with van der Waals surface area (Å²) >= 11 is 0. The lowest BCUT2D eigenvalue weighted by atomic mass is 10.4.